The number of nitrogens with zero attached hydrogens (tertiary/aromatic N) is 3. The van der Waals surface area contributed by atoms with Crippen molar-refractivity contribution in [3.8, 4) is 0 Å². The number of methoxy groups -OCH3 is 1. The topological polar surface area (TPSA) is 298 Å². The Balaban J connectivity index is 1.44. The van der Waals surface area contributed by atoms with Crippen molar-refractivity contribution in [1.29, 1.82) is 0 Å². The third-order valence-corrected chi connectivity index (χ3v) is 26.9. The number of amides is 2. The molecule has 5 saturated heterocycles. The summed E-state index contributed by atoms with van der Waals surface area (Å²) in [7, 11) is -6.01. The summed E-state index contributed by atoms with van der Waals surface area (Å²) in [6, 6.07) is 11.9. The molecule has 5 fully saturated rings. The Bertz CT molecular complexity index is 2810. The van der Waals surface area contributed by atoms with Crippen LogP contribution >= 0.6 is 69.6 Å². The first-order valence-electron chi connectivity index (χ1n) is 28.4. The molecule has 32 heteroatoms. The van der Waals surface area contributed by atoms with Crippen LogP contribution in [0, 0.1) is 0 Å². The fourth-order valence-electron chi connectivity index (χ4n) is 12.1. The quantitative estimate of drug-likeness (QED) is 0.0206. The van der Waals surface area contributed by atoms with E-state index in [4.69, 9.17) is 135 Å². The lowest BCUT2D eigenvalue weighted by Crippen LogP contribution is -2.75. The molecule has 0 unspecified atom stereocenters. The van der Waals surface area contributed by atoms with Crippen LogP contribution < -0.4 is 10.6 Å². The third kappa shape index (κ3) is 15.7. The summed E-state index contributed by atoms with van der Waals surface area (Å²) in [4.78, 5) is 75.1. The van der Waals surface area contributed by atoms with Gasteiger partial charge in [0.2, 0.25) is 0 Å². The zero-order valence-corrected chi connectivity index (χ0v) is 57.4. The Morgan fingerprint density at radius 3 is 1.52 bits per heavy atom. The lowest BCUT2D eigenvalue weighted by atomic mass is 9.94. The second-order valence-corrected chi connectivity index (χ2v) is 40.0. The Labute approximate surface area is 543 Å². The van der Waals surface area contributed by atoms with Gasteiger partial charge in [-0.3, -0.25) is 9.59 Å². The highest BCUT2D eigenvalue weighted by atomic mass is 35.6. The molecular formula is C56H77Cl6N5O19Si2. The number of ether oxygens (including phenoxy) is 9. The number of carbonyl (C=O) groups excluding carboxylic acids is 5. The molecule has 7 rings (SSSR count). The van der Waals surface area contributed by atoms with Crippen molar-refractivity contribution in [3.63, 3.8) is 0 Å². The van der Waals surface area contributed by atoms with Crippen LogP contribution in [0.1, 0.15) is 110 Å². The summed E-state index contributed by atoms with van der Waals surface area (Å²) in [5.74, 6) is -5.77. The van der Waals surface area contributed by atoms with Crippen LogP contribution in [0.4, 0.5) is 0 Å². The van der Waals surface area contributed by atoms with Crippen LogP contribution in [0.3, 0.4) is 0 Å². The normalized spacial score (nSPS) is 30.9. The molecule has 0 saturated carbocycles. The molecule has 0 spiro atoms. The number of esters is 3. The van der Waals surface area contributed by atoms with Gasteiger partial charge in [-0.1, -0.05) is 194 Å². The highest BCUT2D eigenvalue weighted by Crippen LogP contribution is 2.57. The number of aliphatic hydroxyl groups excluding tert-OH is 1. The van der Waals surface area contributed by atoms with Gasteiger partial charge in [0.25, 0.3) is 19.4 Å². The monoisotopic (exact) mass is 1390 g/mol. The van der Waals surface area contributed by atoms with Crippen LogP contribution in [-0.4, -0.2) is 185 Å². The van der Waals surface area contributed by atoms with Crippen LogP contribution in [0.25, 0.3) is 10.4 Å². The first-order valence-corrected chi connectivity index (χ1v) is 34.3. The number of nitrogens with one attached hydrogen (secondary N) is 2. The maximum atomic E-state index is 14.8. The van der Waals surface area contributed by atoms with Gasteiger partial charge in [-0.25, -0.2) is 14.4 Å². The van der Waals surface area contributed by atoms with Gasteiger partial charge in [0, 0.05) is 38.2 Å². The molecule has 0 radical (unpaired) electrons. The van der Waals surface area contributed by atoms with E-state index in [-0.39, 0.29) is 43.9 Å². The lowest BCUT2D eigenvalue weighted by Gasteiger charge is -2.58. The molecule has 3 N–H and O–H groups in total. The fraction of sp³-hybridized carbons (Fsp3) is 0.696. The lowest BCUT2D eigenvalue weighted by molar-refractivity contribution is -0.362. The Hall–Kier alpha value is -3.17. The molecule has 5 heterocycles. The van der Waals surface area contributed by atoms with Crippen molar-refractivity contribution in [2.45, 2.75) is 209 Å². The van der Waals surface area contributed by atoms with Crippen molar-refractivity contribution in [3.05, 3.63) is 82.2 Å². The van der Waals surface area contributed by atoms with Gasteiger partial charge < -0.3 is 76.1 Å². The van der Waals surface area contributed by atoms with E-state index in [1.54, 1.807) is 36.4 Å². The number of benzene rings is 2. The van der Waals surface area contributed by atoms with E-state index in [9.17, 15) is 29.1 Å². The minimum absolute atomic E-state index is 0.00612. The molecule has 5 aliphatic rings. The van der Waals surface area contributed by atoms with E-state index in [2.05, 4.69) is 20.7 Å². The standard InChI is InChI=1S/C56H77Cl6N5O19Si2/c1-51(2,3)87(52(4,5)6)76-27-31-36(85-87)35(68)33(65-49(72)55(57,58)59)47(79-31)83-39-40(80-43(69)29-21-16-14-17-22-29)42(81-44(70)30-23-18-15-19-24-30)48(84-41(39)45(71)74-13)82-38-34(66-50(73)56(60,61)62)46(75-26-20-25-64-67-63)78-32-28-77-88(53(7,8)9,54(10,11)12)86-37(32)38/h14-19,21-24,31-42,46-48,68H,20,25-28H2,1-13H3,(H,65,72)(H,66,73)/t31-,32-,33-,34-,35-,36-,37-,38-,39+,40+,41+,42-,46-,47+,48-/m1/s1. The highest BCUT2D eigenvalue weighted by Gasteiger charge is 2.68. The van der Waals surface area contributed by atoms with Crippen LogP contribution in [-0.2, 0) is 74.7 Å². The second-order valence-electron chi connectivity index (χ2n) is 25.9. The van der Waals surface area contributed by atoms with Gasteiger partial charge in [0.05, 0.1) is 31.5 Å². The maximum absolute atomic E-state index is 14.8. The summed E-state index contributed by atoms with van der Waals surface area (Å²) in [6.45, 7) is 22.9. The Morgan fingerprint density at radius 1 is 0.614 bits per heavy atom. The molecule has 0 aliphatic carbocycles. The van der Waals surface area contributed by atoms with E-state index in [1.807, 2.05) is 83.1 Å². The first-order chi connectivity index (χ1) is 40.8. The number of aliphatic hydroxyl groups is 1. The number of halogens is 6. The molecule has 88 heavy (non-hydrogen) atoms. The van der Waals surface area contributed by atoms with E-state index in [0.717, 1.165) is 7.11 Å². The van der Waals surface area contributed by atoms with Crippen molar-refractivity contribution in [2.24, 2.45) is 5.11 Å². The number of fused-ring (bicyclic) bond motifs is 2. The molecular weight excluding hydrogens is 1320 g/mol. The predicted octanol–water partition coefficient (Wildman–Crippen LogP) is 9.26. The largest absolute Gasteiger partial charge is 0.467 e. The van der Waals surface area contributed by atoms with Crippen molar-refractivity contribution in [1.82, 2.24) is 10.6 Å². The molecule has 490 valence electrons. The highest BCUT2D eigenvalue weighted by molar-refractivity contribution is 6.77. The van der Waals surface area contributed by atoms with Gasteiger partial charge in [0.1, 0.15) is 54.8 Å². The number of azide groups is 1. The SMILES string of the molecule is COC(=O)[C@H]1O[C@@H](O[C@@H]2[C@@H](NC(=O)C(Cl)(Cl)Cl)[C@H](OCCCN=[N+]=[N-])O[C@@H]3CO[Si](C(C)(C)C)(C(C)(C)C)O[C@@H]23)[C@H](OC(=O)c2ccccc2)[C@@H](OC(=O)c2ccccc2)[C@@H]1O[C@@H]1O[C@@H]2CO[Si](C(C)(C)C)(C(C)(C)C)O[C@H]2[C@H](O)[C@H]1NC(=O)C(Cl)(Cl)Cl. The Morgan fingerprint density at radius 2 is 1.06 bits per heavy atom. The van der Waals surface area contributed by atoms with E-state index < -0.39 is 167 Å². The van der Waals surface area contributed by atoms with Crippen LogP contribution in [0.5, 0.6) is 0 Å². The molecule has 2 aromatic carbocycles. The minimum Gasteiger partial charge on any atom is -0.467 e. The van der Waals surface area contributed by atoms with Crippen molar-refractivity contribution < 1.29 is 89.4 Å². The molecule has 2 amide bonds. The van der Waals surface area contributed by atoms with Crippen LogP contribution in [0.2, 0.25) is 20.2 Å². The van der Waals surface area contributed by atoms with E-state index in [1.165, 1.54) is 24.3 Å². The average molecular weight is 1390 g/mol. The number of carbonyl (C=O) groups is 5. The van der Waals surface area contributed by atoms with Gasteiger partial charge in [0.15, 0.2) is 37.2 Å². The van der Waals surface area contributed by atoms with Gasteiger partial charge in [-0.15, -0.1) is 0 Å². The van der Waals surface area contributed by atoms with Gasteiger partial charge in [-0.05, 0) is 36.2 Å². The third-order valence-electron chi connectivity index (χ3n) is 15.6. The smallest absolute Gasteiger partial charge is 0.349 e. The van der Waals surface area contributed by atoms with Gasteiger partial charge in [-0.2, -0.15) is 0 Å². The summed E-state index contributed by atoms with van der Waals surface area (Å²) in [5, 5.41) is 18.8. The van der Waals surface area contributed by atoms with E-state index in [0.29, 0.717) is 0 Å². The Kier molecular flexibility index (Phi) is 23.2. The summed E-state index contributed by atoms with van der Waals surface area (Å²) in [6.07, 6.45) is -21.9. The van der Waals surface area contributed by atoms with Crippen LogP contribution in [0.15, 0.2) is 65.8 Å². The van der Waals surface area contributed by atoms with Crippen molar-refractivity contribution >= 4 is 116 Å². The average Bonchev–Trinajstić information content (AvgIpc) is 0.785. The zero-order valence-electron chi connectivity index (χ0n) is 50.9. The predicted molar refractivity (Wildman–Crippen MR) is 326 cm³/mol. The zero-order chi connectivity index (χ0) is 65.3. The summed E-state index contributed by atoms with van der Waals surface area (Å²) in [5.41, 5.74) is 8.95. The number of alkyl halides is 6. The molecule has 0 bridgehead atoms. The van der Waals surface area contributed by atoms with E-state index >= 15 is 0 Å². The molecule has 24 nitrogen and oxygen atoms in total. The second kappa shape index (κ2) is 28.2. The molecule has 15 atom stereocenters. The molecule has 2 aromatic rings. The number of hydrogen-bond donors (Lipinski definition) is 3. The molecule has 0 aromatic heterocycles. The maximum Gasteiger partial charge on any atom is 0.349 e. The van der Waals surface area contributed by atoms with Gasteiger partial charge >= 0.3 is 35.0 Å². The summed E-state index contributed by atoms with van der Waals surface area (Å²) < 4.78 is 80.9. The summed E-state index contributed by atoms with van der Waals surface area (Å²) >= 11 is 37.3. The first kappa shape index (κ1) is 72.3. The number of rotatable bonds is 16. The fourth-order valence-corrected chi connectivity index (χ4v) is 22.4. The minimum atomic E-state index is -3.61. The molecule has 5 aliphatic heterocycles. The number of hydrogen-bond acceptors (Lipinski definition) is 20. The van der Waals surface area contributed by atoms with Crippen molar-refractivity contribution in [2.75, 3.05) is 33.5 Å².